The number of rotatable bonds is 17. The Morgan fingerprint density at radius 2 is 1.10 bits per heavy atom. The van der Waals surface area contributed by atoms with Crippen molar-refractivity contribution in [2.24, 2.45) is 0 Å². The molecule has 0 saturated heterocycles. The molecule has 40 heavy (non-hydrogen) atoms. The van der Waals surface area contributed by atoms with E-state index in [1.165, 1.54) is 86.8 Å². The second-order valence-electron chi connectivity index (χ2n) is 10.3. The quantitative estimate of drug-likeness (QED) is 0.115. The maximum absolute atomic E-state index is 13.4. The average molecular weight is 587 g/mol. The number of aromatic nitrogens is 2. The van der Waals surface area contributed by atoms with Crippen LogP contribution in [-0.4, -0.2) is 16.6 Å². The summed E-state index contributed by atoms with van der Waals surface area (Å²) >= 11 is 3.58. The number of hydrogen-bond acceptors (Lipinski definition) is 5. The summed E-state index contributed by atoms with van der Waals surface area (Å²) in [5, 5.41) is 4.21. The minimum Gasteiger partial charge on any atom is -0.476 e. The van der Waals surface area contributed by atoms with Gasteiger partial charge in [0.25, 0.3) is 0 Å². The number of thiophene rings is 2. The second kappa shape index (κ2) is 18.9. The maximum atomic E-state index is 13.4. The molecular formula is C33H44F2N2OS2. The van der Waals surface area contributed by atoms with Crippen LogP contribution in [0.2, 0.25) is 0 Å². The van der Waals surface area contributed by atoms with Crippen LogP contribution >= 0.6 is 22.7 Å². The minimum absolute atomic E-state index is 0.315. The highest BCUT2D eigenvalue weighted by molar-refractivity contribution is 7.20. The summed E-state index contributed by atoms with van der Waals surface area (Å²) in [5.74, 6) is -1.42. The van der Waals surface area contributed by atoms with Gasteiger partial charge < -0.3 is 4.74 Å². The molecule has 0 saturated carbocycles. The highest BCUT2D eigenvalue weighted by Gasteiger charge is 2.10. The largest absolute Gasteiger partial charge is 0.476 e. The third-order valence-corrected chi connectivity index (χ3v) is 8.79. The maximum Gasteiger partial charge on any atom is 0.235 e. The molecule has 0 aliphatic heterocycles. The first-order valence-corrected chi connectivity index (χ1v) is 16.7. The molecule has 4 aromatic rings. The Kier molecular flexibility index (Phi) is 15.2. The van der Waals surface area contributed by atoms with E-state index in [1.807, 2.05) is 0 Å². The summed E-state index contributed by atoms with van der Waals surface area (Å²) in [6.07, 6.45) is 18.4. The number of ether oxygens (including phenoxy) is 1. The van der Waals surface area contributed by atoms with E-state index in [9.17, 15) is 8.78 Å². The summed E-state index contributed by atoms with van der Waals surface area (Å²) in [5.41, 5.74) is 1.25. The molecular weight excluding hydrogens is 543 g/mol. The zero-order valence-corrected chi connectivity index (χ0v) is 25.7. The first kappa shape index (κ1) is 32.1. The topological polar surface area (TPSA) is 35.0 Å². The van der Waals surface area contributed by atoms with Crippen molar-refractivity contribution < 1.29 is 13.5 Å². The van der Waals surface area contributed by atoms with Crippen LogP contribution in [0.5, 0.6) is 5.88 Å². The third kappa shape index (κ3) is 11.6. The Balaban J connectivity index is 0.000000364. The molecule has 0 amide bonds. The molecule has 0 fully saturated rings. The average Bonchev–Trinajstić information content (AvgIpc) is 3.67. The summed E-state index contributed by atoms with van der Waals surface area (Å²) in [7, 11) is 0. The van der Waals surface area contributed by atoms with E-state index in [2.05, 4.69) is 51.9 Å². The van der Waals surface area contributed by atoms with Crippen LogP contribution in [0.15, 0.2) is 47.2 Å². The smallest absolute Gasteiger partial charge is 0.235 e. The van der Waals surface area contributed by atoms with Gasteiger partial charge in [0.2, 0.25) is 5.88 Å². The molecule has 1 aromatic carbocycles. The van der Waals surface area contributed by atoms with E-state index in [0.29, 0.717) is 29.2 Å². The van der Waals surface area contributed by atoms with Crippen LogP contribution in [0.4, 0.5) is 8.78 Å². The fourth-order valence-corrected chi connectivity index (χ4v) is 6.14. The number of benzene rings is 1. The van der Waals surface area contributed by atoms with E-state index in [1.54, 1.807) is 29.6 Å². The number of hydrogen-bond donors (Lipinski definition) is 0. The molecule has 3 heterocycles. The van der Waals surface area contributed by atoms with Gasteiger partial charge in [0.1, 0.15) is 5.69 Å². The summed E-state index contributed by atoms with van der Waals surface area (Å²) in [4.78, 5) is 11.3. The highest BCUT2D eigenvalue weighted by atomic mass is 32.1. The molecule has 0 aliphatic carbocycles. The minimum atomic E-state index is -0.918. The van der Waals surface area contributed by atoms with Crippen LogP contribution < -0.4 is 4.74 Å². The van der Waals surface area contributed by atoms with Crippen LogP contribution in [-0.2, 0) is 0 Å². The monoisotopic (exact) mass is 586 g/mol. The van der Waals surface area contributed by atoms with Gasteiger partial charge in [-0.25, -0.2) is 18.7 Å². The first-order chi connectivity index (χ1) is 19.6. The van der Waals surface area contributed by atoms with Gasteiger partial charge in [0.05, 0.1) is 17.6 Å². The molecule has 0 unspecified atom stereocenters. The highest BCUT2D eigenvalue weighted by Crippen LogP contribution is 2.28. The molecule has 0 bridgehead atoms. The van der Waals surface area contributed by atoms with Crippen LogP contribution in [0.1, 0.15) is 103 Å². The molecule has 3 nitrogen and oxygen atoms in total. The molecule has 0 atom stereocenters. The lowest BCUT2D eigenvalue weighted by Gasteiger charge is -2.09. The Morgan fingerprint density at radius 1 is 0.650 bits per heavy atom. The fourth-order valence-electron chi connectivity index (χ4n) is 4.56. The van der Waals surface area contributed by atoms with E-state index in [4.69, 9.17) is 4.74 Å². The number of nitrogens with zero attached hydrogens (tertiary/aromatic N) is 2. The van der Waals surface area contributed by atoms with Gasteiger partial charge in [-0.1, -0.05) is 103 Å². The standard InChI is InChI=1S/C25H38F2N2O.C8H6S2/c1-3-4-5-6-7-8-9-10-11-12-13-14-15-16-17-30-25-20(2)28-23-18-21(26)22(27)19-24(23)29-25;1-3-7(9-5-1)8-4-2-6-10-8/h18-19H,3-17H2,1-2H3;1-6H. The Labute approximate surface area is 247 Å². The first-order valence-electron chi connectivity index (χ1n) is 14.9. The van der Waals surface area contributed by atoms with E-state index < -0.39 is 11.6 Å². The fraction of sp³-hybridized carbons (Fsp3) is 0.515. The number of fused-ring (bicyclic) bond motifs is 1. The van der Waals surface area contributed by atoms with Gasteiger partial charge >= 0.3 is 0 Å². The van der Waals surface area contributed by atoms with Crippen molar-refractivity contribution in [3.05, 3.63) is 64.5 Å². The van der Waals surface area contributed by atoms with Crippen molar-refractivity contribution >= 4 is 33.7 Å². The number of unbranched alkanes of at least 4 members (excludes halogenated alkanes) is 13. The summed E-state index contributed by atoms with van der Waals surface area (Å²) < 4.78 is 32.4. The number of aryl methyl sites for hydroxylation is 1. The number of halogens is 2. The lowest BCUT2D eigenvalue weighted by atomic mass is 10.0. The van der Waals surface area contributed by atoms with Crippen LogP contribution in [0.3, 0.4) is 0 Å². The molecule has 0 aliphatic rings. The van der Waals surface area contributed by atoms with Crippen molar-refractivity contribution in [1.82, 2.24) is 9.97 Å². The second-order valence-corrected chi connectivity index (χ2v) is 12.2. The molecule has 3 aromatic heterocycles. The normalized spacial score (nSPS) is 11.0. The van der Waals surface area contributed by atoms with Gasteiger partial charge in [-0.05, 0) is 36.2 Å². The molecule has 7 heteroatoms. The molecule has 0 N–H and O–H groups in total. The van der Waals surface area contributed by atoms with Gasteiger partial charge in [0, 0.05) is 21.9 Å². The Hall–Kier alpha value is -2.38. The SMILES string of the molecule is CCCCCCCCCCCCCCCCOc1nc2cc(F)c(F)cc2nc1C.c1csc(-c2cccs2)c1. The van der Waals surface area contributed by atoms with Gasteiger partial charge in [0.15, 0.2) is 11.6 Å². The summed E-state index contributed by atoms with van der Waals surface area (Å²) in [6.45, 7) is 4.61. The van der Waals surface area contributed by atoms with Gasteiger partial charge in [-0.3, -0.25) is 0 Å². The summed E-state index contributed by atoms with van der Waals surface area (Å²) in [6, 6.07) is 10.6. The molecule has 218 valence electrons. The predicted octanol–water partition coefficient (Wildman–Crippen LogP) is 11.6. The van der Waals surface area contributed by atoms with Gasteiger partial charge in [-0.15, -0.1) is 22.7 Å². The lowest BCUT2D eigenvalue weighted by Crippen LogP contribution is -2.03. The van der Waals surface area contributed by atoms with Crippen molar-refractivity contribution in [2.45, 2.75) is 104 Å². The third-order valence-electron chi connectivity index (χ3n) is 6.86. The van der Waals surface area contributed by atoms with E-state index in [0.717, 1.165) is 25.0 Å². The van der Waals surface area contributed by atoms with Crippen LogP contribution in [0.25, 0.3) is 20.8 Å². The van der Waals surface area contributed by atoms with E-state index >= 15 is 0 Å². The molecule has 0 radical (unpaired) electrons. The van der Waals surface area contributed by atoms with E-state index in [-0.39, 0.29) is 0 Å². The zero-order chi connectivity index (χ0) is 28.4. The van der Waals surface area contributed by atoms with Crippen molar-refractivity contribution in [3.8, 4) is 15.6 Å². The Bertz CT molecular complexity index is 1180. The molecule has 0 spiro atoms. The lowest BCUT2D eigenvalue weighted by molar-refractivity contribution is 0.290. The Morgan fingerprint density at radius 3 is 1.55 bits per heavy atom. The van der Waals surface area contributed by atoms with Gasteiger partial charge in [-0.2, -0.15) is 0 Å². The van der Waals surface area contributed by atoms with Crippen LogP contribution in [0, 0.1) is 18.6 Å². The van der Waals surface area contributed by atoms with Crippen molar-refractivity contribution in [2.75, 3.05) is 6.61 Å². The zero-order valence-electron chi connectivity index (χ0n) is 24.1. The van der Waals surface area contributed by atoms with Crippen molar-refractivity contribution in [1.29, 1.82) is 0 Å². The molecule has 4 rings (SSSR count). The predicted molar refractivity (Wildman–Crippen MR) is 168 cm³/mol. The van der Waals surface area contributed by atoms with Crippen molar-refractivity contribution in [3.63, 3.8) is 0 Å².